The van der Waals surface area contributed by atoms with Gasteiger partial charge in [-0.1, -0.05) is 12.1 Å². The first kappa shape index (κ1) is 13.0. The first-order valence-electron chi connectivity index (χ1n) is 5.38. The number of hydrogen-bond acceptors (Lipinski definition) is 3. The fourth-order valence-corrected chi connectivity index (χ4v) is 1.68. The lowest BCUT2D eigenvalue weighted by molar-refractivity contribution is -0.127. The van der Waals surface area contributed by atoms with Gasteiger partial charge in [0.1, 0.15) is 6.07 Å². The van der Waals surface area contributed by atoms with Crippen molar-refractivity contribution in [1.29, 1.82) is 5.26 Å². The monoisotopic (exact) mass is 231 g/mol. The molecular formula is C13H17N3O. The van der Waals surface area contributed by atoms with E-state index in [4.69, 9.17) is 5.26 Å². The lowest BCUT2D eigenvalue weighted by atomic mass is 10.1. The summed E-state index contributed by atoms with van der Waals surface area (Å²) in [4.78, 5) is 15.0. The maximum Gasteiger partial charge on any atom is 0.241 e. The molecule has 0 heterocycles. The van der Waals surface area contributed by atoms with E-state index in [1.807, 2.05) is 31.0 Å². The minimum absolute atomic E-state index is 0.0136. The molecule has 0 saturated heterocycles. The van der Waals surface area contributed by atoms with Crippen molar-refractivity contribution in [2.45, 2.75) is 6.92 Å². The largest absolute Gasteiger partial charge is 0.364 e. The van der Waals surface area contributed by atoms with Gasteiger partial charge in [-0.25, -0.2) is 0 Å². The summed E-state index contributed by atoms with van der Waals surface area (Å²) in [6, 6.07) is 7.70. The van der Waals surface area contributed by atoms with Gasteiger partial charge in [-0.05, 0) is 18.6 Å². The zero-order chi connectivity index (χ0) is 13.0. The van der Waals surface area contributed by atoms with Crippen LogP contribution in [0, 0.1) is 18.3 Å². The van der Waals surface area contributed by atoms with Crippen LogP contribution in [0.25, 0.3) is 0 Å². The standard InChI is InChI=1S/C13H17N3O/c1-10-6-5-7-11(8-14)13(10)16(4)9-12(17)15(2)3/h5-7H,9H2,1-4H3. The number of carbonyl (C=O) groups is 1. The number of anilines is 1. The molecule has 4 nitrogen and oxygen atoms in total. The Bertz CT molecular complexity index is 460. The summed E-state index contributed by atoms with van der Waals surface area (Å²) in [5, 5.41) is 9.06. The van der Waals surface area contributed by atoms with E-state index in [0.717, 1.165) is 11.3 Å². The first-order chi connectivity index (χ1) is 7.97. The van der Waals surface area contributed by atoms with Crippen LogP contribution >= 0.6 is 0 Å². The van der Waals surface area contributed by atoms with Crippen molar-refractivity contribution in [2.24, 2.45) is 0 Å². The lowest BCUT2D eigenvalue weighted by Gasteiger charge is -2.23. The molecule has 0 aliphatic carbocycles. The number of aryl methyl sites for hydroxylation is 1. The first-order valence-corrected chi connectivity index (χ1v) is 5.38. The second-order valence-corrected chi connectivity index (χ2v) is 4.23. The molecular weight excluding hydrogens is 214 g/mol. The van der Waals surface area contributed by atoms with E-state index in [-0.39, 0.29) is 12.5 Å². The molecule has 0 aromatic heterocycles. The van der Waals surface area contributed by atoms with Crippen molar-refractivity contribution in [3.05, 3.63) is 29.3 Å². The average Bonchev–Trinajstić information content (AvgIpc) is 2.27. The molecule has 90 valence electrons. The summed E-state index contributed by atoms with van der Waals surface area (Å²) in [7, 11) is 5.27. The Hall–Kier alpha value is -2.02. The fourth-order valence-electron chi connectivity index (χ4n) is 1.68. The number of carbonyl (C=O) groups excluding carboxylic acids is 1. The minimum Gasteiger partial charge on any atom is -0.364 e. The molecule has 0 unspecified atom stereocenters. The van der Waals surface area contributed by atoms with E-state index in [9.17, 15) is 4.79 Å². The molecule has 1 aromatic rings. The third kappa shape index (κ3) is 2.97. The highest BCUT2D eigenvalue weighted by Gasteiger charge is 2.14. The van der Waals surface area contributed by atoms with Gasteiger partial charge >= 0.3 is 0 Å². The molecule has 17 heavy (non-hydrogen) atoms. The van der Waals surface area contributed by atoms with E-state index < -0.39 is 0 Å². The van der Waals surface area contributed by atoms with Crippen LogP contribution in [-0.4, -0.2) is 38.5 Å². The van der Waals surface area contributed by atoms with Crippen LogP contribution in [0.2, 0.25) is 0 Å². The second-order valence-electron chi connectivity index (χ2n) is 4.23. The van der Waals surface area contributed by atoms with Crippen LogP contribution in [0.15, 0.2) is 18.2 Å². The SMILES string of the molecule is Cc1cccc(C#N)c1N(C)CC(=O)N(C)C. The zero-order valence-electron chi connectivity index (χ0n) is 10.7. The summed E-state index contributed by atoms with van der Waals surface area (Å²) >= 11 is 0. The Kier molecular flexibility index (Phi) is 4.11. The molecule has 1 aromatic carbocycles. The van der Waals surface area contributed by atoms with E-state index in [1.165, 1.54) is 0 Å². The number of benzene rings is 1. The molecule has 0 N–H and O–H groups in total. The van der Waals surface area contributed by atoms with Crippen molar-refractivity contribution in [2.75, 3.05) is 32.6 Å². The van der Waals surface area contributed by atoms with Gasteiger partial charge in [0.25, 0.3) is 0 Å². The van der Waals surface area contributed by atoms with Crippen LogP contribution in [0.5, 0.6) is 0 Å². The number of rotatable bonds is 3. The Morgan fingerprint density at radius 1 is 1.35 bits per heavy atom. The van der Waals surface area contributed by atoms with Gasteiger partial charge in [0.2, 0.25) is 5.91 Å². The van der Waals surface area contributed by atoms with Crippen molar-refractivity contribution < 1.29 is 4.79 Å². The highest BCUT2D eigenvalue weighted by molar-refractivity contribution is 5.82. The highest BCUT2D eigenvalue weighted by Crippen LogP contribution is 2.23. The Morgan fingerprint density at radius 2 is 2.00 bits per heavy atom. The molecule has 0 saturated carbocycles. The molecule has 0 fully saturated rings. The van der Waals surface area contributed by atoms with Crippen molar-refractivity contribution in [3.63, 3.8) is 0 Å². The zero-order valence-corrected chi connectivity index (χ0v) is 10.7. The number of likely N-dealkylation sites (N-methyl/N-ethyl adjacent to an activating group) is 2. The molecule has 0 atom stereocenters. The van der Waals surface area contributed by atoms with Crippen LogP contribution in [0.4, 0.5) is 5.69 Å². The Balaban J connectivity index is 3.01. The van der Waals surface area contributed by atoms with E-state index in [2.05, 4.69) is 6.07 Å². The topological polar surface area (TPSA) is 47.3 Å². The Morgan fingerprint density at radius 3 is 2.53 bits per heavy atom. The highest BCUT2D eigenvalue weighted by atomic mass is 16.2. The maximum absolute atomic E-state index is 11.6. The molecule has 0 radical (unpaired) electrons. The van der Waals surface area contributed by atoms with Gasteiger partial charge < -0.3 is 9.80 Å². The minimum atomic E-state index is 0.0136. The third-order valence-electron chi connectivity index (χ3n) is 2.61. The maximum atomic E-state index is 11.6. The van der Waals surface area contributed by atoms with Gasteiger partial charge in [-0.15, -0.1) is 0 Å². The number of amides is 1. The van der Waals surface area contributed by atoms with Crippen LogP contribution in [-0.2, 0) is 4.79 Å². The summed E-state index contributed by atoms with van der Waals surface area (Å²) in [5.74, 6) is 0.0136. The van der Waals surface area contributed by atoms with Crippen molar-refractivity contribution in [1.82, 2.24) is 4.90 Å². The van der Waals surface area contributed by atoms with E-state index >= 15 is 0 Å². The normalized spacial score (nSPS) is 9.59. The van der Waals surface area contributed by atoms with Crippen LogP contribution in [0.1, 0.15) is 11.1 Å². The number of hydrogen-bond donors (Lipinski definition) is 0. The third-order valence-corrected chi connectivity index (χ3v) is 2.61. The fraction of sp³-hybridized carbons (Fsp3) is 0.385. The van der Waals surface area contributed by atoms with Gasteiger partial charge in [0, 0.05) is 21.1 Å². The summed E-state index contributed by atoms with van der Waals surface area (Å²) in [6.45, 7) is 2.21. The molecule has 0 bridgehead atoms. The number of para-hydroxylation sites is 1. The van der Waals surface area contributed by atoms with E-state index in [1.54, 1.807) is 25.1 Å². The quantitative estimate of drug-likeness (QED) is 0.789. The summed E-state index contributed by atoms with van der Waals surface area (Å²) in [6.07, 6.45) is 0. The summed E-state index contributed by atoms with van der Waals surface area (Å²) in [5.41, 5.74) is 2.42. The average molecular weight is 231 g/mol. The second kappa shape index (κ2) is 5.35. The molecule has 1 rings (SSSR count). The smallest absolute Gasteiger partial charge is 0.241 e. The van der Waals surface area contributed by atoms with Crippen LogP contribution < -0.4 is 4.90 Å². The van der Waals surface area contributed by atoms with Crippen molar-refractivity contribution in [3.8, 4) is 6.07 Å². The molecule has 0 aliphatic rings. The van der Waals surface area contributed by atoms with Crippen LogP contribution in [0.3, 0.4) is 0 Å². The molecule has 0 aliphatic heterocycles. The van der Waals surface area contributed by atoms with Gasteiger partial charge in [-0.2, -0.15) is 5.26 Å². The van der Waals surface area contributed by atoms with Gasteiger partial charge in [-0.3, -0.25) is 4.79 Å². The van der Waals surface area contributed by atoms with Crippen molar-refractivity contribution >= 4 is 11.6 Å². The van der Waals surface area contributed by atoms with E-state index in [0.29, 0.717) is 5.56 Å². The lowest BCUT2D eigenvalue weighted by Crippen LogP contribution is -2.35. The molecule has 0 spiro atoms. The predicted octanol–water partition coefficient (Wildman–Crippen LogP) is 1.39. The number of nitriles is 1. The summed E-state index contributed by atoms with van der Waals surface area (Å²) < 4.78 is 0. The Labute approximate surface area is 102 Å². The van der Waals surface area contributed by atoms with Gasteiger partial charge in [0.05, 0.1) is 17.8 Å². The number of nitrogens with zero attached hydrogens (tertiary/aromatic N) is 3. The predicted molar refractivity (Wildman–Crippen MR) is 67.9 cm³/mol. The van der Waals surface area contributed by atoms with Gasteiger partial charge in [0.15, 0.2) is 0 Å². The molecule has 4 heteroatoms. The molecule has 1 amide bonds.